The van der Waals surface area contributed by atoms with Crippen LogP contribution in [0.4, 0.5) is 4.39 Å². The van der Waals surface area contributed by atoms with Crippen LogP contribution in [-0.4, -0.2) is 17.1 Å². The monoisotopic (exact) mass is 280 g/mol. The first-order chi connectivity index (χ1) is 9.60. The van der Waals surface area contributed by atoms with Crippen LogP contribution >= 0.6 is 0 Å². The number of benzene rings is 1. The van der Waals surface area contributed by atoms with Gasteiger partial charge in [0.05, 0.1) is 12.7 Å². The third kappa shape index (κ3) is 3.70. The fraction of sp³-hybridized carbons (Fsp3) is 0.533. The van der Waals surface area contributed by atoms with Gasteiger partial charge in [-0.25, -0.2) is 4.39 Å². The summed E-state index contributed by atoms with van der Waals surface area (Å²) >= 11 is 0. The van der Waals surface area contributed by atoms with E-state index in [4.69, 9.17) is 15.7 Å². The molecule has 0 spiro atoms. The van der Waals surface area contributed by atoms with Crippen LogP contribution in [0.15, 0.2) is 23.4 Å². The van der Waals surface area contributed by atoms with Crippen molar-refractivity contribution in [1.29, 1.82) is 0 Å². The first kappa shape index (κ1) is 14.8. The summed E-state index contributed by atoms with van der Waals surface area (Å²) in [5.74, 6) is 0.280. The molecule has 1 fully saturated rings. The minimum absolute atomic E-state index is 0.0994. The summed E-state index contributed by atoms with van der Waals surface area (Å²) in [6.45, 7) is 2.52. The van der Waals surface area contributed by atoms with Crippen molar-refractivity contribution in [2.24, 2.45) is 16.8 Å². The lowest BCUT2D eigenvalue weighted by atomic mass is 9.89. The molecule has 3 N–H and O–H groups in total. The second-order valence-corrected chi connectivity index (χ2v) is 5.48. The molecule has 0 saturated heterocycles. The van der Waals surface area contributed by atoms with Crippen LogP contribution in [0.1, 0.15) is 43.7 Å². The Morgan fingerprint density at radius 2 is 2.10 bits per heavy atom. The average molecular weight is 280 g/mol. The molecule has 1 aliphatic carbocycles. The van der Waals surface area contributed by atoms with Gasteiger partial charge in [-0.2, -0.15) is 0 Å². The lowest BCUT2D eigenvalue weighted by Gasteiger charge is -2.26. The highest BCUT2D eigenvalue weighted by Crippen LogP contribution is 2.26. The Morgan fingerprint density at radius 3 is 2.70 bits per heavy atom. The molecule has 1 aromatic carbocycles. The summed E-state index contributed by atoms with van der Waals surface area (Å²) < 4.78 is 19.7. The van der Waals surface area contributed by atoms with Gasteiger partial charge in [0.25, 0.3) is 0 Å². The molecular formula is C15H21FN2O2. The molecule has 1 aromatic rings. The second kappa shape index (κ2) is 6.70. The maximum absolute atomic E-state index is 13.9. The Balaban J connectivity index is 1.93. The van der Waals surface area contributed by atoms with Crippen molar-refractivity contribution in [2.45, 2.75) is 45.3 Å². The zero-order chi connectivity index (χ0) is 14.5. The van der Waals surface area contributed by atoms with Crippen LogP contribution in [0.3, 0.4) is 0 Å². The first-order valence-electron chi connectivity index (χ1n) is 6.98. The van der Waals surface area contributed by atoms with Crippen molar-refractivity contribution >= 4 is 5.84 Å². The summed E-state index contributed by atoms with van der Waals surface area (Å²) in [6, 6.07) is 4.50. The number of amidine groups is 1. The smallest absolute Gasteiger partial charge is 0.170 e. The van der Waals surface area contributed by atoms with Gasteiger partial charge in [-0.05, 0) is 37.7 Å². The molecule has 4 nitrogen and oxygen atoms in total. The number of hydrogen-bond donors (Lipinski definition) is 2. The van der Waals surface area contributed by atoms with E-state index in [9.17, 15) is 4.39 Å². The maximum atomic E-state index is 13.9. The third-order valence-corrected chi connectivity index (χ3v) is 3.89. The molecule has 110 valence electrons. The van der Waals surface area contributed by atoms with Gasteiger partial charge in [0, 0.05) is 11.1 Å². The molecule has 0 unspecified atom stereocenters. The molecule has 0 radical (unpaired) electrons. The van der Waals surface area contributed by atoms with E-state index in [2.05, 4.69) is 12.1 Å². The van der Waals surface area contributed by atoms with Crippen LogP contribution in [0, 0.1) is 11.7 Å². The molecule has 0 atom stereocenters. The second-order valence-electron chi connectivity index (χ2n) is 5.48. The van der Waals surface area contributed by atoms with Crippen molar-refractivity contribution in [2.75, 3.05) is 0 Å². The highest BCUT2D eigenvalue weighted by Gasteiger charge is 2.19. The molecule has 20 heavy (non-hydrogen) atoms. The van der Waals surface area contributed by atoms with E-state index in [1.165, 1.54) is 18.9 Å². The summed E-state index contributed by atoms with van der Waals surface area (Å²) in [7, 11) is 0. The largest absolute Gasteiger partial charge is 0.409 e. The zero-order valence-corrected chi connectivity index (χ0v) is 11.7. The Morgan fingerprint density at radius 1 is 1.40 bits per heavy atom. The van der Waals surface area contributed by atoms with E-state index in [-0.39, 0.29) is 18.5 Å². The Hall–Kier alpha value is -1.62. The highest BCUT2D eigenvalue weighted by atomic mass is 19.1. The molecule has 1 aliphatic rings. The van der Waals surface area contributed by atoms with Gasteiger partial charge in [-0.15, -0.1) is 0 Å². The van der Waals surface area contributed by atoms with Crippen LogP contribution < -0.4 is 5.73 Å². The summed E-state index contributed by atoms with van der Waals surface area (Å²) in [5.41, 5.74) is 6.28. The van der Waals surface area contributed by atoms with Crippen LogP contribution in [-0.2, 0) is 11.3 Å². The van der Waals surface area contributed by atoms with Crippen molar-refractivity contribution in [1.82, 2.24) is 0 Å². The number of hydrogen-bond acceptors (Lipinski definition) is 3. The van der Waals surface area contributed by atoms with E-state index in [1.54, 1.807) is 12.1 Å². The van der Waals surface area contributed by atoms with Crippen molar-refractivity contribution < 1.29 is 14.3 Å². The molecule has 5 heteroatoms. The Bertz CT molecular complexity index is 483. The van der Waals surface area contributed by atoms with E-state index < -0.39 is 5.82 Å². The quantitative estimate of drug-likeness (QED) is 0.385. The SMILES string of the molecule is CC1CCC(OCc2ccc(/C(N)=N/O)cc2F)CC1. The number of nitrogens with zero attached hydrogens (tertiary/aromatic N) is 1. The molecule has 0 amide bonds. The van der Waals surface area contributed by atoms with E-state index in [1.807, 2.05) is 0 Å². The summed E-state index contributed by atoms with van der Waals surface area (Å²) in [6.07, 6.45) is 4.68. The molecule has 0 heterocycles. The Labute approximate surface area is 118 Å². The predicted molar refractivity (Wildman–Crippen MR) is 75.1 cm³/mol. The van der Waals surface area contributed by atoms with Gasteiger partial charge in [0.15, 0.2) is 5.84 Å². The molecule has 0 bridgehead atoms. The van der Waals surface area contributed by atoms with Gasteiger partial charge in [0.1, 0.15) is 5.82 Å². The van der Waals surface area contributed by atoms with Crippen LogP contribution in [0.5, 0.6) is 0 Å². The first-order valence-corrected chi connectivity index (χ1v) is 6.98. The number of rotatable bonds is 4. The number of oxime groups is 1. The van der Waals surface area contributed by atoms with E-state index in [0.29, 0.717) is 11.1 Å². The van der Waals surface area contributed by atoms with E-state index >= 15 is 0 Å². The molecular weight excluding hydrogens is 259 g/mol. The minimum Gasteiger partial charge on any atom is -0.409 e. The van der Waals surface area contributed by atoms with Crippen LogP contribution in [0.2, 0.25) is 0 Å². The van der Waals surface area contributed by atoms with Gasteiger partial charge in [-0.1, -0.05) is 24.2 Å². The third-order valence-electron chi connectivity index (χ3n) is 3.89. The predicted octanol–water partition coefficient (Wildman–Crippen LogP) is 3.02. The minimum atomic E-state index is -0.390. The number of nitrogens with two attached hydrogens (primary N) is 1. The Kier molecular flexibility index (Phi) is 4.95. The lowest BCUT2D eigenvalue weighted by molar-refractivity contribution is 0.00759. The molecule has 2 rings (SSSR count). The lowest BCUT2D eigenvalue weighted by Crippen LogP contribution is -2.20. The molecule has 1 saturated carbocycles. The van der Waals surface area contributed by atoms with Gasteiger partial charge < -0.3 is 15.7 Å². The van der Waals surface area contributed by atoms with Gasteiger partial charge in [-0.3, -0.25) is 0 Å². The van der Waals surface area contributed by atoms with Gasteiger partial charge in [0.2, 0.25) is 0 Å². The normalized spacial score (nSPS) is 23.8. The van der Waals surface area contributed by atoms with Crippen molar-refractivity contribution in [3.63, 3.8) is 0 Å². The average Bonchev–Trinajstić information content (AvgIpc) is 2.46. The topological polar surface area (TPSA) is 67.8 Å². The molecule has 0 aromatic heterocycles. The number of ether oxygens (including phenoxy) is 1. The van der Waals surface area contributed by atoms with Crippen molar-refractivity contribution in [3.05, 3.63) is 35.1 Å². The van der Waals surface area contributed by atoms with Gasteiger partial charge >= 0.3 is 0 Å². The van der Waals surface area contributed by atoms with Crippen molar-refractivity contribution in [3.8, 4) is 0 Å². The van der Waals surface area contributed by atoms with E-state index in [0.717, 1.165) is 18.8 Å². The fourth-order valence-corrected chi connectivity index (χ4v) is 2.49. The fourth-order valence-electron chi connectivity index (χ4n) is 2.49. The standard InChI is InChI=1S/C15H21FN2O2/c1-10-2-6-13(7-3-10)20-9-12-5-4-11(8-14(12)16)15(17)18-19/h4-5,8,10,13,19H,2-3,6-7,9H2,1H3,(H2,17,18). The summed E-state index contributed by atoms with van der Waals surface area (Å²) in [5, 5.41) is 11.4. The van der Waals surface area contributed by atoms with Crippen LogP contribution in [0.25, 0.3) is 0 Å². The number of halogens is 1. The molecule has 0 aliphatic heterocycles. The zero-order valence-electron chi connectivity index (χ0n) is 11.7. The highest BCUT2D eigenvalue weighted by molar-refractivity contribution is 5.97. The maximum Gasteiger partial charge on any atom is 0.170 e. The summed E-state index contributed by atoms with van der Waals surface area (Å²) in [4.78, 5) is 0.